The van der Waals surface area contributed by atoms with E-state index in [0.717, 1.165) is 27.8 Å². The highest BCUT2D eigenvalue weighted by Crippen LogP contribution is 2.32. The maximum absolute atomic E-state index is 12.6. The average molecular weight is 424 g/mol. The van der Waals surface area contributed by atoms with Crippen LogP contribution in [0.25, 0.3) is 6.08 Å². The van der Waals surface area contributed by atoms with E-state index in [4.69, 9.17) is 4.74 Å². The van der Waals surface area contributed by atoms with Crippen LogP contribution in [0.4, 0.5) is 10.5 Å². The fourth-order valence-electron chi connectivity index (χ4n) is 2.77. The first-order valence-corrected chi connectivity index (χ1v) is 10.1. The van der Waals surface area contributed by atoms with Crippen molar-refractivity contribution in [2.45, 2.75) is 13.8 Å². The molecular formula is C22H20N2O5S. The number of rotatable bonds is 6. The van der Waals surface area contributed by atoms with Crippen LogP contribution in [-0.2, 0) is 14.3 Å². The Kier molecular flexibility index (Phi) is 6.68. The minimum Gasteiger partial charge on any atom is -0.462 e. The molecule has 0 saturated carbocycles. The number of hydrogen-bond donors (Lipinski definition) is 1. The number of thioether (sulfide) groups is 1. The Morgan fingerprint density at radius 1 is 1.10 bits per heavy atom. The van der Waals surface area contributed by atoms with E-state index in [0.29, 0.717) is 11.3 Å². The third-order valence-electron chi connectivity index (χ3n) is 4.33. The van der Waals surface area contributed by atoms with Crippen molar-refractivity contribution in [3.8, 4) is 0 Å². The van der Waals surface area contributed by atoms with Crippen molar-refractivity contribution >= 4 is 46.5 Å². The molecule has 0 bridgehead atoms. The molecule has 2 aromatic carbocycles. The first-order chi connectivity index (χ1) is 14.4. The van der Waals surface area contributed by atoms with E-state index in [1.165, 1.54) is 12.1 Å². The van der Waals surface area contributed by atoms with Crippen molar-refractivity contribution < 1.29 is 23.9 Å². The number of anilines is 1. The number of esters is 1. The number of ether oxygens (including phenoxy) is 1. The molecule has 0 atom stereocenters. The molecule has 0 aliphatic carbocycles. The molecule has 3 rings (SSSR count). The van der Waals surface area contributed by atoms with Crippen molar-refractivity contribution in [3.05, 3.63) is 70.1 Å². The maximum atomic E-state index is 12.6. The zero-order valence-corrected chi connectivity index (χ0v) is 17.3. The van der Waals surface area contributed by atoms with E-state index in [1.807, 2.05) is 31.2 Å². The van der Waals surface area contributed by atoms with Gasteiger partial charge in [0.05, 0.1) is 17.1 Å². The van der Waals surface area contributed by atoms with Gasteiger partial charge in [0.15, 0.2) is 0 Å². The smallest absolute Gasteiger partial charge is 0.338 e. The maximum Gasteiger partial charge on any atom is 0.338 e. The van der Waals surface area contributed by atoms with Crippen LogP contribution in [0.2, 0.25) is 0 Å². The lowest BCUT2D eigenvalue weighted by Gasteiger charge is -2.12. The third-order valence-corrected chi connectivity index (χ3v) is 5.24. The van der Waals surface area contributed by atoms with Crippen LogP contribution < -0.4 is 5.32 Å². The Labute approximate surface area is 178 Å². The molecule has 3 amide bonds. The third kappa shape index (κ3) is 4.96. The number of nitrogens with zero attached hydrogens (tertiary/aromatic N) is 1. The molecule has 1 saturated heterocycles. The molecule has 0 radical (unpaired) electrons. The minimum absolute atomic E-state index is 0.271. The van der Waals surface area contributed by atoms with Crippen LogP contribution in [0, 0.1) is 6.92 Å². The first-order valence-electron chi connectivity index (χ1n) is 9.27. The van der Waals surface area contributed by atoms with Gasteiger partial charge < -0.3 is 10.1 Å². The van der Waals surface area contributed by atoms with Gasteiger partial charge in [0.25, 0.3) is 11.1 Å². The van der Waals surface area contributed by atoms with Gasteiger partial charge in [-0.3, -0.25) is 19.3 Å². The number of amides is 3. The number of carbonyl (C=O) groups is 4. The summed E-state index contributed by atoms with van der Waals surface area (Å²) in [4.78, 5) is 50.0. The normalized spacial score (nSPS) is 14.9. The van der Waals surface area contributed by atoms with E-state index in [9.17, 15) is 19.2 Å². The molecule has 0 unspecified atom stereocenters. The predicted molar refractivity (Wildman–Crippen MR) is 115 cm³/mol. The number of imide groups is 1. The van der Waals surface area contributed by atoms with Crippen LogP contribution >= 0.6 is 11.8 Å². The van der Waals surface area contributed by atoms with Gasteiger partial charge >= 0.3 is 5.97 Å². The summed E-state index contributed by atoms with van der Waals surface area (Å²) in [5.41, 5.74) is 2.63. The van der Waals surface area contributed by atoms with Crippen LogP contribution in [0.5, 0.6) is 0 Å². The fraction of sp³-hybridized carbons (Fsp3) is 0.182. The molecule has 2 aromatic rings. The van der Waals surface area contributed by atoms with Gasteiger partial charge in [-0.1, -0.05) is 24.3 Å². The Bertz CT molecular complexity index is 1030. The van der Waals surface area contributed by atoms with Gasteiger partial charge in [-0.25, -0.2) is 4.79 Å². The van der Waals surface area contributed by atoms with Crippen molar-refractivity contribution in [1.29, 1.82) is 0 Å². The standard InChI is InChI=1S/C22H20N2O5S/c1-3-29-21(27)15-8-10-17(11-9-15)23-19(25)13-24-20(26)18(30-22(24)28)12-16-7-5-4-6-14(16)2/h4-12H,3,13H2,1-2H3,(H,23,25)/b18-12-. The van der Waals surface area contributed by atoms with Crippen LogP contribution in [0.15, 0.2) is 53.4 Å². The molecule has 0 spiro atoms. The van der Waals surface area contributed by atoms with E-state index >= 15 is 0 Å². The number of hydrogen-bond acceptors (Lipinski definition) is 6. The van der Waals surface area contributed by atoms with Crippen LogP contribution in [-0.4, -0.2) is 41.1 Å². The van der Waals surface area contributed by atoms with Gasteiger partial charge in [-0.15, -0.1) is 0 Å². The number of carbonyl (C=O) groups excluding carboxylic acids is 4. The highest BCUT2D eigenvalue weighted by molar-refractivity contribution is 8.18. The van der Waals surface area contributed by atoms with Gasteiger partial charge in [0.2, 0.25) is 5.91 Å². The second-order valence-electron chi connectivity index (χ2n) is 6.47. The van der Waals surface area contributed by atoms with E-state index < -0.39 is 29.6 Å². The topological polar surface area (TPSA) is 92.8 Å². The van der Waals surface area contributed by atoms with Crippen molar-refractivity contribution in [2.24, 2.45) is 0 Å². The number of aryl methyl sites for hydroxylation is 1. The Hall–Kier alpha value is -3.39. The summed E-state index contributed by atoms with van der Waals surface area (Å²) < 4.78 is 4.91. The summed E-state index contributed by atoms with van der Waals surface area (Å²) in [5.74, 6) is -1.46. The van der Waals surface area contributed by atoms with Crippen molar-refractivity contribution in [1.82, 2.24) is 4.90 Å². The van der Waals surface area contributed by atoms with Crippen molar-refractivity contribution in [2.75, 3.05) is 18.5 Å². The summed E-state index contributed by atoms with van der Waals surface area (Å²) in [6.45, 7) is 3.51. The first kappa shape index (κ1) is 21.3. The Morgan fingerprint density at radius 2 is 1.80 bits per heavy atom. The summed E-state index contributed by atoms with van der Waals surface area (Å²) in [6.07, 6.45) is 1.66. The lowest BCUT2D eigenvalue weighted by molar-refractivity contribution is -0.127. The largest absolute Gasteiger partial charge is 0.462 e. The zero-order chi connectivity index (χ0) is 21.7. The SMILES string of the molecule is CCOC(=O)c1ccc(NC(=O)CN2C(=O)S/C(=C\c3ccccc3C)C2=O)cc1. The Balaban J connectivity index is 1.64. The summed E-state index contributed by atoms with van der Waals surface area (Å²) in [6, 6.07) is 13.7. The minimum atomic E-state index is -0.515. The van der Waals surface area contributed by atoms with E-state index in [-0.39, 0.29) is 11.5 Å². The summed E-state index contributed by atoms with van der Waals surface area (Å²) in [5, 5.41) is 2.12. The predicted octanol–water partition coefficient (Wildman–Crippen LogP) is 3.85. The quantitative estimate of drug-likeness (QED) is 0.559. The van der Waals surface area contributed by atoms with Gasteiger partial charge in [0, 0.05) is 5.69 Å². The molecule has 8 heteroatoms. The zero-order valence-electron chi connectivity index (χ0n) is 16.5. The summed E-state index contributed by atoms with van der Waals surface area (Å²) in [7, 11) is 0. The molecule has 1 aliphatic rings. The van der Waals surface area contributed by atoms with Crippen LogP contribution in [0.3, 0.4) is 0 Å². The fourth-order valence-corrected chi connectivity index (χ4v) is 3.60. The number of nitrogens with one attached hydrogen (secondary N) is 1. The van der Waals surface area contributed by atoms with Gasteiger partial charge in [0.1, 0.15) is 6.54 Å². The lowest BCUT2D eigenvalue weighted by atomic mass is 10.1. The highest BCUT2D eigenvalue weighted by atomic mass is 32.2. The molecule has 1 N–H and O–H groups in total. The van der Waals surface area contributed by atoms with Crippen molar-refractivity contribution in [3.63, 3.8) is 0 Å². The van der Waals surface area contributed by atoms with E-state index in [1.54, 1.807) is 25.1 Å². The molecule has 1 fully saturated rings. The highest BCUT2D eigenvalue weighted by Gasteiger charge is 2.36. The molecule has 7 nitrogen and oxygen atoms in total. The van der Waals surface area contributed by atoms with Crippen LogP contribution in [0.1, 0.15) is 28.4 Å². The van der Waals surface area contributed by atoms with Gasteiger partial charge in [-0.05, 0) is 67.1 Å². The Morgan fingerprint density at radius 3 is 2.47 bits per heavy atom. The second kappa shape index (κ2) is 9.41. The molecule has 1 aliphatic heterocycles. The second-order valence-corrected chi connectivity index (χ2v) is 7.46. The molecule has 154 valence electrons. The van der Waals surface area contributed by atoms with E-state index in [2.05, 4.69) is 5.32 Å². The summed E-state index contributed by atoms with van der Waals surface area (Å²) >= 11 is 0.811. The average Bonchev–Trinajstić information content (AvgIpc) is 2.98. The monoisotopic (exact) mass is 424 g/mol. The molecular weight excluding hydrogens is 404 g/mol. The lowest BCUT2D eigenvalue weighted by Crippen LogP contribution is -2.36. The van der Waals surface area contributed by atoms with Gasteiger partial charge in [-0.2, -0.15) is 0 Å². The molecule has 0 aromatic heterocycles. The molecule has 1 heterocycles. The number of benzene rings is 2. The molecule has 30 heavy (non-hydrogen) atoms.